The summed E-state index contributed by atoms with van der Waals surface area (Å²) in [4.78, 5) is 4.86. The van der Waals surface area contributed by atoms with Crippen molar-refractivity contribution in [1.82, 2.24) is 4.98 Å². The smallest absolute Gasteiger partial charge is 0.126 e. The van der Waals surface area contributed by atoms with E-state index in [9.17, 15) is 4.39 Å². The van der Waals surface area contributed by atoms with E-state index >= 15 is 0 Å². The van der Waals surface area contributed by atoms with E-state index in [1.54, 1.807) is 12.1 Å². The fourth-order valence-corrected chi connectivity index (χ4v) is 4.01. The number of pyridine rings is 1. The van der Waals surface area contributed by atoms with Crippen molar-refractivity contribution >= 4 is 11.6 Å². The minimum atomic E-state index is -0.248. The quantitative estimate of drug-likeness (QED) is 0.662. The van der Waals surface area contributed by atoms with E-state index < -0.39 is 0 Å². The molecule has 3 aromatic rings. The van der Waals surface area contributed by atoms with Gasteiger partial charge in [-0.2, -0.15) is 0 Å². The van der Waals surface area contributed by atoms with Crippen molar-refractivity contribution in [3.8, 4) is 11.3 Å². The third-order valence-corrected chi connectivity index (χ3v) is 5.39. The number of halogens is 2. The third-order valence-electron chi connectivity index (χ3n) is 5.16. The molecule has 4 heteroatoms. The molecule has 0 aliphatic heterocycles. The summed E-state index contributed by atoms with van der Waals surface area (Å²) in [7, 11) is 0. The highest BCUT2D eigenvalue weighted by atomic mass is 35.5. The number of hydrogen-bond donors (Lipinski definition) is 1. The third kappa shape index (κ3) is 3.90. The predicted molar refractivity (Wildman–Crippen MR) is 107 cm³/mol. The van der Waals surface area contributed by atoms with Gasteiger partial charge in [0.1, 0.15) is 5.82 Å². The zero-order chi connectivity index (χ0) is 18.8. The summed E-state index contributed by atoms with van der Waals surface area (Å²) < 4.78 is 14.3. The van der Waals surface area contributed by atoms with Gasteiger partial charge < -0.3 is 5.11 Å². The standard InChI is InChI=1S/C23H21ClFNO/c24-19-4-1-3-17(13-19)23-14-18(20-5-2-6-22(20)26-23)11-15-7-8-16(9-10-27)21(25)12-15/h1,3-4,7-8,12-14,27H,2,5-6,9-11H2. The molecule has 1 N–H and O–H groups in total. The molecule has 138 valence electrons. The Morgan fingerprint density at radius 2 is 1.93 bits per heavy atom. The summed E-state index contributed by atoms with van der Waals surface area (Å²) in [5, 5.41) is 9.72. The van der Waals surface area contributed by atoms with Crippen LogP contribution in [0, 0.1) is 5.82 Å². The number of rotatable bonds is 5. The maximum absolute atomic E-state index is 14.3. The van der Waals surface area contributed by atoms with Crippen LogP contribution in [0.4, 0.5) is 4.39 Å². The normalized spacial score (nSPS) is 13.0. The van der Waals surface area contributed by atoms with E-state index in [0.29, 0.717) is 23.4 Å². The Labute approximate surface area is 163 Å². The van der Waals surface area contributed by atoms with E-state index in [1.807, 2.05) is 30.3 Å². The summed E-state index contributed by atoms with van der Waals surface area (Å²) in [6.45, 7) is -0.0445. The van der Waals surface area contributed by atoms with E-state index in [-0.39, 0.29) is 12.4 Å². The zero-order valence-corrected chi connectivity index (χ0v) is 15.8. The van der Waals surface area contributed by atoms with Crippen molar-refractivity contribution < 1.29 is 9.50 Å². The monoisotopic (exact) mass is 381 g/mol. The molecule has 0 radical (unpaired) electrons. The van der Waals surface area contributed by atoms with Crippen LogP contribution in [-0.4, -0.2) is 16.7 Å². The van der Waals surface area contributed by atoms with Gasteiger partial charge in [0, 0.05) is 22.9 Å². The number of aromatic nitrogens is 1. The molecule has 0 amide bonds. The molecule has 0 saturated heterocycles. The molecule has 0 unspecified atom stereocenters. The van der Waals surface area contributed by atoms with Gasteiger partial charge in [0.05, 0.1) is 5.69 Å². The number of aryl methyl sites for hydroxylation is 1. The van der Waals surface area contributed by atoms with Crippen LogP contribution in [0.25, 0.3) is 11.3 Å². The molecule has 0 fully saturated rings. The van der Waals surface area contributed by atoms with Crippen molar-refractivity contribution in [3.05, 3.63) is 87.3 Å². The molecule has 1 aromatic heterocycles. The summed E-state index contributed by atoms with van der Waals surface area (Å²) in [5.74, 6) is -0.248. The Morgan fingerprint density at radius 1 is 1.04 bits per heavy atom. The number of nitrogens with zero attached hydrogens (tertiary/aromatic N) is 1. The molecule has 0 bridgehead atoms. The highest BCUT2D eigenvalue weighted by molar-refractivity contribution is 6.30. The average molecular weight is 382 g/mol. The second kappa shape index (κ2) is 7.79. The maximum atomic E-state index is 14.3. The first-order valence-corrected chi connectivity index (χ1v) is 9.67. The maximum Gasteiger partial charge on any atom is 0.126 e. The van der Waals surface area contributed by atoms with Crippen LogP contribution in [0.1, 0.15) is 34.4 Å². The van der Waals surface area contributed by atoms with Crippen LogP contribution in [0.15, 0.2) is 48.5 Å². The Bertz CT molecular complexity index is 986. The number of benzene rings is 2. The number of aliphatic hydroxyl groups is 1. The summed E-state index contributed by atoms with van der Waals surface area (Å²) in [6, 6.07) is 15.2. The van der Waals surface area contributed by atoms with Gasteiger partial charge in [-0.3, -0.25) is 4.98 Å². The number of hydrogen-bond acceptors (Lipinski definition) is 2. The van der Waals surface area contributed by atoms with Gasteiger partial charge in [0.15, 0.2) is 0 Å². The molecule has 1 heterocycles. The van der Waals surface area contributed by atoms with Gasteiger partial charge in [-0.05, 0) is 78.6 Å². The van der Waals surface area contributed by atoms with Crippen LogP contribution < -0.4 is 0 Å². The van der Waals surface area contributed by atoms with Gasteiger partial charge in [-0.1, -0.05) is 35.9 Å². The van der Waals surface area contributed by atoms with E-state index in [0.717, 1.165) is 41.8 Å². The molecule has 4 rings (SSSR count). The van der Waals surface area contributed by atoms with Crippen LogP contribution in [0.5, 0.6) is 0 Å². The molecular formula is C23H21ClFNO. The minimum Gasteiger partial charge on any atom is -0.396 e. The molecule has 27 heavy (non-hydrogen) atoms. The lowest BCUT2D eigenvalue weighted by Gasteiger charge is -2.13. The predicted octanol–water partition coefficient (Wildman–Crippen LogP) is 5.16. The number of fused-ring (bicyclic) bond motifs is 1. The highest BCUT2D eigenvalue weighted by Gasteiger charge is 2.19. The fourth-order valence-electron chi connectivity index (χ4n) is 3.82. The number of aliphatic hydroxyl groups excluding tert-OH is 1. The largest absolute Gasteiger partial charge is 0.396 e. The Hall–Kier alpha value is -2.23. The summed E-state index contributed by atoms with van der Waals surface area (Å²) in [5.41, 5.74) is 7.09. The molecule has 2 nitrogen and oxygen atoms in total. The molecule has 1 aliphatic rings. The molecule has 1 aliphatic carbocycles. The SMILES string of the molecule is OCCc1ccc(Cc2cc(-c3cccc(Cl)c3)nc3c2CCC3)cc1F. The zero-order valence-electron chi connectivity index (χ0n) is 15.0. The summed E-state index contributed by atoms with van der Waals surface area (Å²) >= 11 is 6.15. The van der Waals surface area contributed by atoms with Crippen molar-refractivity contribution in [2.45, 2.75) is 32.1 Å². The Morgan fingerprint density at radius 3 is 2.70 bits per heavy atom. The first kappa shape index (κ1) is 18.1. The fraction of sp³-hybridized carbons (Fsp3) is 0.261. The first-order valence-electron chi connectivity index (χ1n) is 9.30. The second-order valence-corrected chi connectivity index (χ2v) is 7.47. The van der Waals surface area contributed by atoms with Crippen LogP contribution in [0.3, 0.4) is 0 Å². The lowest BCUT2D eigenvalue weighted by Crippen LogP contribution is -2.01. The molecule has 0 atom stereocenters. The van der Waals surface area contributed by atoms with Crippen molar-refractivity contribution in [2.75, 3.05) is 6.61 Å². The molecular weight excluding hydrogens is 361 g/mol. The van der Waals surface area contributed by atoms with E-state index in [2.05, 4.69) is 6.07 Å². The van der Waals surface area contributed by atoms with Gasteiger partial charge in [0.25, 0.3) is 0 Å². The first-order chi connectivity index (χ1) is 13.1. The minimum absolute atomic E-state index is 0.0445. The summed E-state index contributed by atoms with van der Waals surface area (Å²) in [6.07, 6.45) is 4.14. The van der Waals surface area contributed by atoms with E-state index in [1.165, 1.54) is 11.1 Å². The van der Waals surface area contributed by atoms with Gasteiger partial charge in [-0.25, -0.2) is 4.39 Å². The van der Waals surface area contributed by atoms with E-state index in [4.69, 9.17) is 21.7 Å². The lowest BCUT2D eigenvalue weighted by atomic mass is 9.96. The molecule has 2 aromatic carbocycles. The second-order valence-electron chi connectivity index (χ2n) is 7.03. The topological polar surface area (TPSA) is 33.1 Å². The Balaban J connectivity index is 1.71. The lowest BCUT2D eigenvalue weighted by molar-refractivity contribution is 0.297. The Kier molecular flexibility index (Phi) is 5.24. The van der Waals surface area contributed by atoms with Gasteiger partial charge >= 0.3 is 0 Å². The van der Waals surface area contributed by atoms with Crippen molar-refractivity contribution in [1.29, 1.82) is 0 Å². The van der Waals surface area contributed by atoms with Gasteiger partial charge in [-0.15, -0.1) is 0 Å². The van der Waals surface area contributed by atoms with Crippen LogP contribution in [0.2, 0.25) is 5.02 Å². The van der Waals surface area contributed by atoms with Crippen LogP contribution in [-0.2, 0) is 25.7 Å². The van der Waals surface area contributed by atoms with Crippen molar-refractivity contribution in [3.63, 3.8) is 0 Å². The van der Waals surface area contributed by atoms with Gasteiger partial charge in [0.2, 0.25) is 0 Å². The molecule has 0 spiro atoms. The highest BCUT2D eigenvalue weighted by Crippen LogP contribution is 2.31. The molecule has 0 saturated carbocycles. The average Bonchev–Trinajstić information content (AvgIpc) is 3.13. The van der Waals surface area contributed by atoms with Crippen molar-refractivity contribution in [2.24, 2.45) is 0 Å². The van der Waals surface area contributed by atoms with Crippen LogP contribution >= 0.6 is 11.6 Å².